The molecule has 2 atom stereocenters. The van der Waals surface area contributed by atoms with E-state index in [1.54, 1.807) is 25.1 Å². The zero-order valence-electron chi connectivity index (χ0n) is 14.1. The normalized spacial score (nSPS) is 12.9. The predicted molar refractivity (Wildman–Crippen MR) is 93.3 cm³/mol. The monoisotopic (exact) mass is 381 g/mol. The first kappa shape index (κ1) is 19.7. The lowest BCUT2D eigenvalue weighted by Gasteiger charge is -2.15. The largest absolute Gasteiger partial charge is 0.449 e. The number of benzene rings is 2. The zero-order chi connectivity index (χ0) is 19.3. The van der Waals surface area contributed by atoms with Gasteiger partial charge in [0, 0.05) is 17.5 Å². The Hall–Kier alpha value is -2.61. The van der Waals surface area contributed by atoms with Crippen LogP contribution in [0.4, 0.5) is 14.5 Å². The molecule has 0 bridgehead atoms. The number of ether oxygens (including phenoxy) is 1. The number of hydrogen-bond acceptors (Lipinski definition) is 4. The quantitative estimate of drug-likeness (QED) is 0.780. The van der Waals surface area contributed by atoms with Gasteiger partial charge in [0.1, 0.15) is 0 Å². The van der Waals surface area contributed by atoms with Crippen LogP contribution in [0.25, 0.3) is 0 Å². The van der Waals surface area contributed by atoms with Gasteiger partial charge in [-0.05, 0) is 31.2 Å². The van der Waals surface area contributed by atoms with Crippen LogP contribution < -0.4 is 5.32 Å². The molecule has 0 aromatic heterocycles. The van der Waals surface area contributed by atoms with E-state index in [9.17, 15) is 22.6 Å². The number of amides is 1. The summed E-state index contributed by atoms with van der Waals surface area (Å²) in [5, 5.41) is 2.33. The Morgan fingerprint density at radius 1 is 1.15 bits per heavy atom. The first-order valence-corrected chi connectivity index (χ1v) is 9.09. The highest BCUT2D eigenvalue weighted by molar-refractivity contribution is 7.85. The summed E-state index contributed by atoms with van der Waals surface area (Å²) in [6, 6.07) is 9.15. The van der Waals surface area contributed by atoms with Gasteiger partial charge in [0.2, 0.25) is 0 Å². The number of esters is 1. The second kappa shape index (κ2) is 8.66. The maximum atomic E-state index is 13.2. The number of hydrogen-bond donors (Lipinski definition) is 1. The van der Waals surface area contributed by atoms with Gasteiger partial charge in [-0.25, -0.2) is 13.6 Å². The van der Waals surface area contributed by atoms with Gasteiger partial charge in [0.15, 0.2) is 17.7 Å². The first-order valence-electron chi connectivity index (χ1n) is 7.77. The lowest BCUT2D eigenvalue weighted by molar-refractivity contribution is -0.123. The molecule has 26 heavy (non-hydrogen) atoms. The van der Waals surface area contributed by atoms with E-state index in [4.69, 9.17) is 4.74 Å². The van der Waals surface area contributed by atoms with Crippen LogP contribution >= 0.6 is 0 Å². The van der Waals surface area contributed by atoms with Gasteiger partial charge in [0.25, 0.3) is 5.91 Å². The third-order valence-corrected chi connectivity index (χ3v) is 4.83. The number of carbonyl (C=O) groups excluding carboxylic acids is 2. The minimum absolute atomic E-state index is 0.0317. The van der Waals surface area contributed by atoms with E-state index < -0.39 is 40.4 Å². The second-order valence-electron chi connectivity index (χ2n) is 5.30. The third kappa shape index (κ3) is 4.72. The van der Waals surface area contributed by atoms with Crippen molar-refractivity contribution in [3.63, 3.8) is 0 Å². The van der Waals surface area contributed by atoms with Gasteiger partial charge < -0.3 is 10.1 Å². The molecule has 1 amide bonds. The smallest absolute Gasteiger partial charge is 0.340 e. The van der Waals surface area contributed by atoms with Gasteiger partial charge >= 0.3 is 5.97 Å². The molecule has 0 aliphatic heterocycles. The van der Waals surface area contributed by atoms with Crippen LogP contribution in [0.5, 0.6) is 0 Å². The molecule has 138 valence electrons. The van der Waals surface area contributed by atoms with Crippen molar-refractivity contribution in [2.45, 2.75) is 24.8 Å². The molecule has 0 heterocycles. The Balaban J connectivity index is 2.08. The summed E-state index contributed by atoms with van der Waals surface area (Å²) in [5.74, 6) is -3.32. The number of anilines is 1. The van der Waals surface area contributed by atoms with Crippen molar-refractivity contribution >= 4 is 28.4 Å². The summed E-state index contributed by atoms with van der Waals surface area (Å²) >= 11 is 0. The second-order valence-corrected chi connectivity index (χ2v) is 7.00. The van der Waals surface area contributed by atoms with Gasteiger partial charge in [0.05, 0.1) is 21.3 Å². The third-order valence-electron chi connectivity index (χ3n) is 3.45. The van der Waals surface area contributed by atoms with Gasteiger partial charge in [-0.15, -0.1) is 0 Å². The van der Waals surface area contributed by atoms with Crippen LogP contribution in [0.2, 0.25) is 0 Å². The van der Waals surface area contributed by atoms with Crippen LogP contribution in [0, 0.1) is 11.6 Å². The van der Waals surface area contributed by atoms with Gasteiger partial charge in [-0.2, -0.15) is 0 Å². The van der Waals surface area contributed by atoms with E-state index in [0.717, 1.165) is 12.1 Å². The maximum absolute atomic E-state index is 13.2. The number of halogens is 2. The van der Waals surface area contributed by atoms with E-state index in [2.05, 4.69) is 5.32 Å². The Bertz CT molecular complexity index is 857. The Morgan fingerprint density at radius 2 is 1.85 bits per heavy atom. The van der Waals surface area contributed by atoms with Crippen LogP contribution in [0.15, 0.2) is 47.4 Å². The average molecular weight is 381 g/mol. The average Bonchev–Trinajstić information content (AvgIpc) is 2.63. The predicted octanol–water partition coefficient (Wildman–Crippen LogP) is 3.28. The Kier molecular flexibility index (Phi) is 6.57. The molecule has 5 nitrogen and oxygen atoms in total. The topological polar surface area (TPSA) is 72.5 Å². The molecule has 0 fully saturated rings. The van der Waals surface area contributed by atoms with Crippen molar-refractivity contribution in [3.8, 4) is 0 Å². The van der Waals surface area contributed by atoms with E-state index in [-0.39, 0.29) is 11.3 Å². The molecule has 0 saturated carbocycles. The Labute approximate surface area is 151 Å². The van der Waals surface area contributed by atoms with Crippen molar-refractivity contribution in [1.82, 2.24) is 0 Å². The molecule has 0 radical (unpaired) electrons. The fourth-order valence-electron chi connectivity index (χ4n) is 2.08. The molecule has 2 aromatic carbocycles. The summed E-state index contributed by atoms with van der Waals surface area (Å²) in [5.41, 5.74) is 0.143. The fourth-order valence-corrected chi connectivity index (χ4v) is 3.02. The molecule has 2 rings (SSSR count). The lowest BCUT2D eigenvalue weighted by atomic mass is 10.2. The van der Waals surface area contributed by atoms with E-state index in [0.29, 0.717) is 10.6 Å². The minimum atomic E-state index is -1.36. The summed E-state index contributed by atoms with van der Waals surface area (Å²) in [6.07, 6.45) is -1.20. The molecular formula is C18H17F2NO4S. The molecule has 0 aliphatic carbocycles. The van der Waals surface area contributed by atoms with Crippen molar-refractivity contribution in [2.75, 3.05) is 11.1 Å². The summed E-state index contributed by atoms with van der Waals surface area (Å²) in [4.78, 5) is 24.7. The van der Waals surface area contributed by atoms with Crippen LogP contribution in [-0.2, 0) is 20.3 Å². The van der Waals surface area contributed by atoms with Crippen molar-refractivity contribution in [2.24, 2.45) is 0 Å². The molecule has 2 aromatic rings. The minimum Gasteiger partial charge on any atom is -0.449 e. The molecule has 0 saturated heterocycles. The van der Waals surface area contributed by atoms with E-state index in [1.165, 1.54) is 19.1 Å². The van der Waals surface area contributed by atoms with Crippen molar-refractivity contribution in [3.05, 3.63) is 59.7 Å². The molecule has 0 aliphatic rings. The summed E-state index contributed by atoms with van der Waals surface area (Å²) < 4.78 is 43.2. The van der Waals surface area contributed by atoms with E-state index >= 15 is 0 Å². The number of nitrogens with one attached hydrogen (secondary N) is 1. The van der Waals surface area contributed by atoms with Crippen molar-refractivity contribution < 1.29 is 27.3 Å². The van der Waals surface area contributed by atoms with Crippen LogP contribution in [0.3, 0.4) is 0 Å². The van der Waals surface area contributed by atoms with Gasteiger partial charge in [-0.1, -0.05) is 19.1 Å². The van der Waals surface area contributed by atoms with Crippen molar-refractivity contribution in [1.29, 1.82) is 0 Å². The highest BCUT2D eigenvalue weighted by atomic mass is 32.2. The molecule has 8 heteroatoms. The number of rotatable bonds is 6. The van der Waals surface area contributed by atoms with Gasteiger partial charge in [-0.3, -0.25) is 9.00 Å². The zero-order valence-corrected chi connectivity index (χ0v) is 14.9. The van der Waals surface area contributed by atoms with E-state index in [1.807, 2.05) is 0 Å². The summed E-state index contributed by atoms with van der Waals surface area (Å²) in [7, 11) is -1.36. The lowest BCUT2D eigenvalue weighted by Crippen LogP contribution is -2.30. The molecule has 0 unspecified atom stereocenters. The molecule has 1 N–H and O–H groups in total. The standard InChI is InChI=1S/C18H17F2NO4S/c1-3-26(24)16-7-5-4-6-13(16)18(23)25-11(2)17(22)21-12-8-9-14(19)15(20)10-12/h4-11H,3H2,1-2H3,(H,21,22)/t11-,26+/m1/s1. The molecular weight excluding hydrogens is 364 g/mol. The summed E-state index contributed by atoms with van der Waals surface area (Å²) in [6.45, 7) is 3.06. The molecule has 0 spiro atoms. The van der Waals surface area contributed by atoms with Crippen LogP contribution in [0.1, 0.15) is 24.2 Å². The highest BCUT2D eigenvalue weighted by Crippen LogP contribution is 2.17. The SMILES string of the molecule is CC[S@](=O)c1ccccc1C(=O)O[C@H](C)C(=O)Nc1ccc(F)c(F)c1. The Morgan fingerprint density at radius 3 is 2.50 bits per heavy atom. The first-order chi connectivity index (χ1) is 12.3. The maximum Gasteiger partial charge on any atom is 0.340 e. The highest BCUT2D eigenvalue weighted by Gasteiger charge is 2.22. The fraction of sp³-hybridized carbons (Fsp3) is 0.222. The number of carbonyl (C=O) groups is 2. The van der Waals surface area contributed by atoms with Crippen LogP contribution in [-0.4, -0.2) is 27.9 Å².